The molecule has 0 radical (unpaired) electrons. The lowest BCUT2D eigenvalue weighted by Gasteiger charge is -2.22. The second kappa shape index (κ2) is 6.05. The van der Waals surface area contributed by atoms with Crippen LogP contribution >= 0.6 is 0 Å². The van der Waals surface area contributed by atoms with E-state index in [1.165, 1.54) is 6.07 Å². The molecule has 2 rings (SSSR count). The molecule has 1 aromatic carbocycles. The number of Topliss-reactive ketones (excluding diaryl/α,β-unsaturated/α-hetero) is 1. The molecule has 0 amide bonds. The van der Waals surface area contributed by atoms with Gasteiger partial charge in [0.25, 0.3) is 0 Å². The second-order valence-electron chi connectivity index (χ2n) is 4.77. The average molecular weight is 253 g/mol. The third kappa shape index (κ3) is 3.13. The van der Waals surface area contributed by atoms with E-state index in [1.807, 2.05) is 0 Å². The van der Waals surface area contributed by atoms with Crippen molar-refractivity contribution in [3.05, 3.63) is 35.4 Å². The first-order valence-corrected chi connectivity index (χ1v) is 6.36. The van der Waals surface area contributed by atoms with Crippen molar-refractivity contribution < 1.29 is 13.6 Å². The Morgan fingerprint density at radius 2 is 2.06 bits per heavy atom. The van der Waals surface area contributed by atoms with Crippen LogP contribution in [0.3, 0.4) is 0 Å². The minimum absolute atomic E-state index is 0.212. The number of carbonyl (C=O) groups is 1. The molecule has 1 aliphatic heterocycles. The Hall–Kier alpha value is -1.29. The zero-order valence-electron chi connectivity index (χ0n) is 10.2. The van der Waals surface area contributed by atoms with Crippen LogP contribution in [-0.4, -0.2) is 18.9 Å². The molecule has 0 saturated carbocycles. The lowest BCUT2D eigenvalue weighted by Crippen LogP contribution is -2.30. The first-order valence-electron chi connectivity index (χ1n) is 6.36. The molecule has 1 aromatic rings. The zero-order valence-corrected chi connectivity index (χ0v) is 10.2. The summed E-state index contributed by atoms with van der Waals surface area (Å²) in [7, 11) is 0. The Balaban J connectivity index is 1.95. The number of benzene rings is 1. The van der Waals surface area contributed by atoms with Crippen molar-refractivity contribution in [3.8, 4) is 0 Å². The van der Waals surface area contributed by atoms with Crippen molar-refractivity contribution in [2.45, 2.75) is 25.7 Å². The summed E-state index contributed by atoms with van der Waals surface area (Å²) in [6.45, 7) is 1.92. The summed E-state index contributed by atoms with van der Waals surface area (Å²) < 4.78 is 26.8. The molecule has 4 heteroatoms. The summed E-state index contributed by atoms with van der Waals surface area (Å²) >= 11 is 0. The van der Waals surface area contributed by atoms with Gasteiger partial charge < -0.3 is 5.32 Å². The third-order valence-electron chi connectivity index (χ3n) is 3.42. The van der Waals surface area contributed by atoms with Gasteiger partial charge in [-0.3, -0.25) is 4.79 Å². The number of hydrogen-bond donors (Lipinski definition) is 1. The predicted molar refractivity (Wildman–Crippen MR) is 65.5 cm³/mol. The Labute approximate surface area is 105 Å². The summed E-state index contributed by atoms with van der Waals surface area (Å²) in [5.41, 5.74) is -0.388. The molecule has 18 heavy (non-hydrogen) atoms. The van der Waals surface area contributed by atoms with Gasteiger partial charge in [-0.15, -0.1) is 0 Å². The van der Waals surface area contributed by atoms with E-state index in [2.05, 4.69) is 5.32 Å². The minimum atomic E-state index is -0.762. The monoisotopic (exact) mass is 253 g/mol. The summed E-state index contributed by atoms with van der Waals surface area (Å²) in [4.78, 5) is 11.8. The van der Waals surface area contributed by atoms with Crippen LogP contribution in [0.15, 0.2) is 18.2 Å². The maximum absolute atomic E-state index is 13.4. The van der Waals surface area contributed by atoms with E-state index < -0.39 is 17.4 Å². The Morgan fingerprint density at radius 1 is 1.33 bits per heavy atom. The van der Waals surface area contributed by atoms with Crippen molar-refractivity contribution in [3.63, 3.8) is 0 Å². The molecule has 0 spiro atoms. The van der Waals surface area contributed by atoms with E-state index in [0.29, 0.717) is 12.3 Å². The summed E-state index contributed by atoms with van der Waals surface area (Å²) in [5.74, 6) is -1.52. The van der Waals surface area contributed by atoms with Gasteiger partial charge in [0.05, 0.1) is 5.56 Å². The van der Waals surface area contributed by atoms with Gasteiger partial charge in [0.1, 0.15) is 11.6 Å². The summed E-state index contributed by atoms with van der Waals surface area (Å²) in [5, 5.41) is 3.26. The number of hydrogen-bond acceptors (Lipinski definition) is 2. The highest BCUT2D eigenvalue weighted by Gasteiger charge is 2.19. The number of ketones is 1. The number of carbonyl (C=O) groups excluding carboxylic acids is 1. The van der Waals surface area contributed by atoms with Crippen molar-refractivity contribution in [2.24, 2.45) is 5.92 Å². The Bertz CT molecular complexity index is 408. The quantitative estimate of drug-likeness (QED) is 0.836. The normalized spacial score (nSPS) is 19.8. The third-order valence-corrected chi connectivity index (χ3v) is 3.42. The molecular formula is C14H17F2NO. The molecule has 1 N–H and O–H groups in total. The van der Waals surface area contributed by atoms with Gasteiger partial charge in [-0.1, -0.05) is 6.07 Å². The molecule has 0 bridgehead atoms. The highest BCUT2D eigenvalue weighted by atomic mass is 19.1. The molecule has 1 heterocycles. The maximum Gasteiger partial charge on any atom is 0.168 e. The lowest BCUT2D eigenvalue weighted by molar-refractivity contribution is 0.0963. The second-order valence-corrected chi connectivity index (χ2v) is 4.77. The van der Waals surface area contributed by atoms with Crippen LogP contribution in [-0.2, 0) is 0 Å². The molecule has 1 aliphatic rings. The van der Waals surface area contributed by atoms with E-state index in [9.17, 15) is 13.6 Å². The number of nitrogens with one attached hydrogen (secondary N) is 1. The van der Waals surface area contributed by atoms with Crippen molar-refractivity contribution in [1.29, 1.82) is 0 Å². The fraction of sp³-hybridized carbons (Fsp3) is 0.500. The molecule has 1 unspecified atom stereocenters. The molecule has 1 saturated heterocycles. The summed E-state index contributed by atoms with van der Waals surface area (Å²) in [6, 6.07) is 3.52. The minimum Gasteiger partial charge on any atom is -0.316 e. The molecule has 1 atom stereocenters. The molecule has 0 aromatic heterocycles. The van der Waals surface area contributed by atoms with E-state index >= 15 is 0 Å². The van der Waals surface area contributed by atoms with Crippen molar-refractivity contribution >= 4 is 5.78 Å². The molecule has 1 fully saturated rings. The van der Waals surface area contributed by atoms with Crippen LogP contribution in [0, 0.1) is 17.6 Å². The standard InChI is InChI=1S/C14H17F2NO/c15-11-4-1-5-12(16)14(11)13(18)7-6-10-3-2-8-17-9-10/h1,4-5,10,17H,2-3,6-9H2. The first kappa shape index (κ1) is 13.1. The fourth-order valence-corrected chi connectivity index (χ4v) is 2.39. The Morgan fingerprint density at radius 3 is 2.67 bits per heavy atom. The number of piperidine rings is 1. The summed E-state index contributed by atoms with van der Waals surface area (Å²) in [6.07, 6.45) is 3.09. The Kier molecular flexibility index (Phi) is 4.42. The van der Waals surface area contributed by atoms with Gasteiger partial charge in [0.15, 0.2) is 5.78 Å². The van der Waals surface area contributed by atoms with Gasteiger partial charge in [-0.25, -0.2) is 8.78 Å². The van der Waals surface area contributed by atoms with E-state index in [0.717, 1.165) is 38.1 Å². The highest BCUT2D eigenvalue weighted by molar-refractivity contribution is 5.96. The van der Waals surface area contributed by atoms with Crippen LogP contribution in [0.25, 0.3) is 0 Å². The van der Waals surface area contributed by atoms with E-state index in [-0.39, 0.29) is 12.0 Å². The zero-order chi connectivity index (χ0) is 13.0. The van der Waals surface area contributed by atoms with E-state index in [4.69, 9.17) is 0 Å². The number of rotatable bonds is 4. The lowest BCUT2D eigenvalue weighted by atomic mass is 9.92. The van der Waals surface area contributed by atoms with Gasteiger partial charge in [0, 0.05) is 6.42 Å². The van der Waals surface area contributed by atoms with Crippen molar-refractivity contribution in [1.82, 2.24) is 5.32 Å². The van der Waals surface area contributed by atoms with Crippen molar-refractivity contribution in [2.75, 3.05) is 13.1 Å². The van der Waals surface area contributed by atoms with Crippen LogP contribution in [0.1, 0.15) is 36.0 Å². The smallest absolute Gasteiger partial charge is 0.168 e. The molecular weight excluding hydrogens is 236 g/mol. The highest BCUT2D eigenvalue weighted by Crippen LogP contribution is 2.20. The topological polar surface area (TPSA) is 29.1 Å². The van der Waals surface area contributed by atoms with Gasteiger partial charge in [0.2, 0.25) is 0 Å². The van der Waals surface area contributed by atoms with E-state index in [1.54, 1.807) is 0 Å². The van der Waals surface area contributed by atoms with Gasteiger partial charge >= 0.3 is 0 Å². The number of halogens is 2. The molecule has 98 valence electrons. The van der Waals surface area contributed by atoms with Gasteiger partial charge in [-0.2, -0.15) is 0 Å². The van der Waals surface area contributed by atoms with Crippen LogP contribution in [0.2, 0.25) is 0 Å². The van der Waals surface area contributed by atoms with Crippen LogP contribution in [0.4, 0.5) is 8.78 Å². The van der Waals surface area contributed by atoms with Gasteiger partial charge in [-0.05, 0) is 50.4 Å². The largest absolute Gasteiger partial charge is 0.316 e. The molecule has 0 aliphatic carbocycles. The van der Waals surface area contributed by atoms with Crippen LogP contribution < -0.4 is 5.32 Å². The van der Waals surface area contributed by atoms with Crippen LogP contribution in [0.5, 0.6) is 0 Å². The predicted octanol–water partition coefficient (Wildman–Crippen LogP) is 2.93. The maximum atomic E-state index is 13.4. The molecule has 2 nitrogen and oxygen atoms in total. The first-order chi connectivity index (χ1) is 8.68. The average Bonchev–Trinajstić information content (AvgIpc) is 2.37. The fourth-order valence-electron chi connectivity index (χ4n) is 2.39. The SMILES string of the molecule is O=C(CCC1CCCNC1)c1c(F)cccc1F.